The molecule has 0 saturated carbocycles. The van der Waals surface area contributed by atoms with Crippen molar-refractivity contribution in [2.75, 3.05) is 30.9 Å². The van der Waals surface area contributed by atoms with Gasteiger partial charge in [-0.2, -0.15) is 0 Å². The minimum Gasteiger partial charge on any atom is -0.394 e. The van der Waals surface area contributed by atoms with E-state index in [2.05, 4.69) is 10.3 Å². The minimum atomic E-state index is -0.642. The van der Waals surface area contributed by atoms with Crippen LogP contribution in [0, 0.1) is 0 Å². The number of hydrogen-bond acceptors (Lipinski definition) is 6. The summed E-state index contributed by atoms with van der Waals surface area (Å²) in [5.41, 5.74) is 4.10. The van der Waals surface area contributed by atoms with Crippen LogP contribution in [0.2, 0.25) is 0 Å². The Morgan fingerprint density at radius 2 is 2.11 bits per heavy atom. The molecular formula is C11H18N4O4. The van der Waals surface area contributed by atoms with Crippen LogP contribution in [0.1, 0.15) is 12.8 Å². The lowest BCUT2D eigenvalue weighted by atomic mass is 9.91. The molecule has 0 amide bonds. The first-order valence-electron chi connectivity index (χ1n) is 6.05. The van der Waals surface area contributed by atoms with E-state index in [1.807, 2.05) is 0 Å². The number of aromatic amines is 1. The number of H-pyrrole nitrogens is 1. The van der Waals surface area contributed by atoms with Crippen molar-refractivity contribution in [3.63, 3.8) is 0 Å². The van der Waals surface area contributed by atoms with Crippen molar-refractivity contribution in [2.45, 2.75) is 18.4 Å². The Labute approximate surface area is 109 Å². The number of nitrogens with zero attached hydrogens (tertiary/aromatic N) is 1. The zero-order valence-electron chi connectivity index (χ0n) is 10.7. The van der Waals surface area contributed by atoms with Gasteiger partial charge in [0.2, 0.25) is 0 Å². The van der Waals surface area contributed by atoms with Gasteiger partial charge in [-0.15, -0.1) is 0 Å². The molecule has 8 nitrogen and oxygen atoms in total. The van der Waals surface area contributed by atoms with Crippen molar-refractivity contribution in [3.05, 3.63) is 20.8 Å². The van der Waals surface area contributed by atoms with E-state index < -0.39 is 16.8 Å². The quantitative estimate of drug-likeness (QED) is 0.536. The summed E-state index contributed by atoms with van der Waals surface area (Å²) < 4.78 is 6.39. The molecule has 0 aliphatic carbocycles. The number of anilines is 2. The summed E-state index contributed by atoms with van der Waals surface area (Å²) >= 11 is 0. The summed E-state index contributed by atoms with van der Waals surface area (Å²) in [6, 6.07) is 0. The topological polar surface area (TPSA) is 122 Å². The Hall–Kier alpha value is -1.80. The number of hydrogen-bond donors (Lipinski definition) is 4. The van der Waals surface area contributed by atoms with E-state index in [-0.39, 0.29) is 18.1 Å². The lowest BCUT2D eigenvalue weighted by Gasteiger charge is -2.37. The summed E-state index contributed by atoms with van der Waals surface area (Å²) in [4.78, 5) is 25.4. The van der Waals surface area contributed by atoms with E-state index in [4.69, 9.17) is 10.5 Å². The second-order valence-electron chi connectivity index (χ2n) is 4.75. The van der Waals surface area contributed by atoms with Gasteiger partial charge < -0.3 is 20.9 Å². The molecule has 1 aromatic rings. The van der Waals surface area contributed by atoms with Crippen LogP contribution < -0.4 is 22.3 Å². The molecule has 2 heterocycles. The summed E-state index contributed by atoms with van der Waals surface area (Å²) in [7, 11) is 1.47. The summed E-state index contributed by atoms with van der Waals surface area (Å²) in [5, 5.41) is 12.6. The molecule has 8 heteroatoms. The molecule has 106 valence electrons. The highest BCUT2D eigenvalue weighted by atomic mass is 16.5. The van der Waals surface area contributed by atoms with Crippen LogP contribution in [0.5, 0.6) is 0 Å². The molecule has 0 aromatic carbocycles. The largest absolute Gasteiger partial charge is 0.394 e. The van der Waals surface area contributed by atoms with Crippen molar-refractivity contribution in [2.24, 2.45) is 7.05 Å². The Kier molecular flexibility index (Phi) is 3.63. The first-order chi connectivity index (χ1) is 8.99. The molecule has 1 fully saturated rings. The number of nitrogen functional groups attached to an aromatic ring is 1. The fourth-order valence-corrected chi connectivity index (χ4v) is 2.11. The van der Waals surface area contributed by atoms with E-state index in [1.54, 1.807) is 0 Å². The van der Waals surface area contributed by atoms with Crippen molar-refractivity contribution in [1.29, 1.82) is 0 Å². The van der Waals surface area contributed by atoms with E-state index in [1.165, 1.54) is 7.05 Å². The van der Waals surface area contributed by atoms with Gasteiger partial charge in [-0.3, -0.25) is 14.3 Å². The number of aliphatic hydroxyl groups excluding tert-OH is 1. The smallest absolute Gasteiger partial charge is 0.329 e. The zero-order valence-corrected chi connectivity index (χ0v) is 10.7. The van der Waals surface area contributed by atoms with Crippen LogP contribution in [-0.4, -0.2) is 40.0 Å². The maximum atomic E-state index is 11.8. The number of aliphatic hydroxyl groups is 1. The van der Waals surface area contributed by atoms with Gasteiger partial charge in [0.05, 0.1) is 12.1 Å². The standard InChI is InChI=1S/C11H18N4O4/c1-15-8(12)7(9(17)13-10(15)18)14-11(6-16)2-4-19-5-3-11/h14,16H,2-6,12H2,1H3,(H,13,17,18). The number of rotatable bonds is 3. The van der Waals surface area contributed by atoms with Gasteiger partial charge in [-0.05, 0) is 12.8 Å². The third-order valence-electron chi connectivity index (χ3n) is 3.51. The molecule has 0 spiro atoms. The van der Waals surface area contributed by atoms with E-state index >= 15 is 0 Å². The average molecular weight is 270 g/mol. The fourth-order valence-electron chi connectivity index (χ4n) is 2.11. The second-order valence-corrected chi connectivity index (χ2v) is 4.75. The maximum Gasteiger partial charge on any atom is 0.329 e. The van der Waals surface area contributed by atoms with Gasteiger partial charge in [0, 0.05) is 20.3 Å². The van der Waals surface area contributed by atoms with E-state index in [0.717, 1.165) is 4.57 Å². The molecule has 0 atom stereocenters. The van der Waals surface area contributed by atoms with Crippen molar-refractivity contribution in [1.82, 2.24) is 9.55 Å². The first-order valence-corrected chi connectivity index (χ1v) is 6.05. The number of ether oxygens (including phenoxy) is 1. The van der Waals surface area contributed by atoms with Gasteiger partial charge >= 0.3 is 5.69 Å². The number of aromatic nitrogens is 2. The molecule has 1 aliphatic heterocycles. The van der Waals surface area contributed by atoms with Crippen LogP contribution in [0.3, 0.4) is 0 Å². The third-order valence-corrected chi connectivity index (χ3v) is 3.51. The van der Waals surface area contributed by atoms with Gasteiger partial charge in [0.1, 0.15) is 11.5 Å². The Balaban J connectivity index is 2.40. The SMILES string of the molecule is Cn1c(N)c(NC2(CO)CCOCC2)c(=O)[nH]c1=O. The van der Waals surface area contributed by atoms with Crippen LogP contribution in [0.15, 0.2) is 9.59 Å². The predicted octanol–water partition coefficient (Wildman–Crippen LogP) is -1.39. The van der Waals surface area contributed by atoms with Gasteiger partial charge in [-0.1, -0.05) is 0 Å². The van der Waals surface area contributed by atoms with Crippen molar-refractivity contribution >= 4 is 11.5 Å². The average Bonchev–Trinajstić information content (AvgIpc) is 2.42. The fraction of sp³-hybridized carbons (Fsp3) is 0.636. The minimum absolute atomic E-state index is 0.0491. The molecule has 0 unspecified atom stereocenters. The van der Waals surface area contributed by atoms with E-state index in [9.17, 15) is 14.7 Å². The Morgan fingerprint density at radius 3 is 2.68 bits per heavy atom. The van der Waals surface area contributed by atoms with Gasteiger partial charge in [-0.25, -0.2) is 4.79 Å². The molecule has 2 rings (SSSR count). The predicted molar refractivity (Wildman–Crippen MR) is 70.2 cm³/mol. The number of nitrogens with one attached hydrogen (secondary N) is 2. The third kappa shape index (κ3) is 2.49. The van der Waals surface area contributed by atoms with E-state index in [0.29, 0.717) is 26.1 Å². The Morgan fingerprint density at radius 1 is 1.47 bits per heavy atom. The highest BCUT2D eigenvalue weighted by Crippen LogP contribution is 2.25. The highest BCUT2D eigenvalue weighted by Gasteiger charge is 2.33. The molecule has 0 radical (unpaired) electrons. The molecule has 19 heavy (non-hydrogen) atoms. The molecule has 1 aromatic heterocycles. The molecular weight excluding hydrogens is 252 g/mol. The van der Waals surface area contributed by atoms with Crippen LogP contribution >= 0.6 is 0 Å². The first kappa shape index (κ1) is 13.6. The van der Waals surface area contributed by atoms with Crippen molar-refractivity contribution in [3.8, 4) is 0 Å². The van der Waals surface area contributed by atoms with Crippen molar-refractivity contribution < 1.29 is 9.84 Å². The Bertz CT molecular complexity index is 571. The van der Waals surface area contributed by atoms with Crippen LogP contribution in [0.4, 0.5) is 11.5 Å². The highest BCUT2D eigenvalue weighted by molar-refractivity contribution is 5.61. The van der Waals surface area contributed by atoms with Crippen LogP contribution in [0.25, 0.3) is 0 Å². The molecule has 0 bridgehead atoms. The lowest BCUT2D eigenvalue weighted by molar-refractivity contribution is 0.0379. The second kappa shape index (κ2) is 5.06. The lowest BCUT2D eigenvalue weighted by Crippen LogP contribution is -2.49. The molecule has 1 saturated heterocycles. The summed E-state index contributed by atoms with van der Waals surface area (Å²) in [6.07, 6.45) is 1.12. The molecule has 1 aliphatic rings. The van der Waals surface area contributed by atoms with Crippen LogP contribution in [-0.2, 0) is 11.8 Å². The normalized spacial score (nSPS) is 18.2. The molecule has 5 N–H and O–H groups in total. The van der Waals surface area contributed by atoms with Gasteiger partial charge in [0.15, 0.2) is 0 Å². The zero-order chi connectivity index (χ0) is 14.0. The maximum absolute atomic E-state index is 11.8. The monoisotopic (exact) mass is 270 g/mol. The van der Waals surface area contributed by atoms with Gasteiger partial charge in [0.25, 0.3) is 5.56 Å². The number of nitrogens with two attached hydrogens (primary N) is 1. The summed E-state index contributed by atoms with van der Waals surface area (Å²) in [6.45, 7) is 0.854. The summed E-state index contributed by atoms with van der Waals surface area (Å²) in [5.74, 6) is 0.0491.